The second-order valence-corrected chi connectivity index (χ2v) is 16.1. The largest absolute Gasteiger partial charge is 0.456 e. The van der Waals surface area contributed by atoms with Gasteiger partial charge in [-0.1, -0.05) is 60.7 Å². The fraction of sp³-hybridized carbons (Fsp3) is 0.176. The second kappa shape index (κ2) is 13.0. The number of fused-ring (bicyclic) bond motifs is 14. The van der Waals surface area contributed by atoms with Gasteiger partial charge in [0.25, 0.3) is 0 Å². The molecule has 8 nitrogen and oxygen atoms in total. The molecule has 2 unspecified atom stereocenters. The molecular formula is C51H42N2O6. The van der Waals surface area contributed by atoms with Gasteiger partial charge in [-0.05, 0) is 103 Å². The Morgan fingerprint density at radius 3 is 1.49 bits per heavy atom. The summed E-state index contributed by atoms with van der Waals surface area (Å²) in [7, 11) is 7.98. The van der Waals surface area contributed by atoms with Crippen LogP contribution in [0.3, 0.4) is 0 Å². The number of hydrogen-bond acceptors (Lipinski definition) is 8. The van der Waals surface area contributed by atoms with E-state index in [1.54, 1.807) is 0 Å². The molecule has 0 radical (unpaired) electrons. The van der Waals surface area contributed by atoms with Crippen molar-refractivity contribution in [2.24, 2.45) is 0 Å². The lowest BCUT2D eigenvalue weighted by molar-refractivity contribution is 0.0216. The van der Waals surface area contributed by atoms with Crippen LogP contribution in [0.15, 0.2) is 127 Å². The van der Waals surface area contributed by atoms with Gasteiger partial charge >= 0.3 is 11.9 Å². The molecule has 0 fully saturated rings. The summed E-state index contributed by atoms with van der Waals surface area (Å²) < 4.78 is 25.3. The van der Waals surface area contributed by atoms with E-state index in [-0.39, 0.29) is 11.9 Å². The number of carbonyl (C=O) groups is 2. The van der Waals surface area contributed by atoms with Crippen LogP contribution in [-0.4, -0.2) is 40.1 Å². The van der Waals surface area contributed by atoms with E-state index < -0.39 is 11.2 Å². The van der Waals surface area contributed by atoms with Crippen LogP contribution >= 0.6 is 0 Å². The number of nitrogens with zero attached hydrogens (tertiary/aromatic N) is 2. The van der Waals surface area contributed by atoms with E-state index in [1.807, 2.05) is 141 Å². The average Bonchev–Trinajstić information content (AvgIpc) is 3.69. The van der Waals surface area contributed by atoms with E-state index in [1.165, 1.54) is 0 Å². The SMILES string of the molecule is Cc1cc2c(c3ccccc13)C1(OC(=O)c3ccccc31)c1ccc(N(C)C)cc1O2.Cc1cc2c(cc1C)C1(OC(=O)c3ccccc31)c1ccc(N(C)C)cc1O2. The smallest absolute Gasteiger partial charge is 0.340 e. The fourth-order valence-electron chi connectivity index (χ4n) is 9.18. The highest BCUT2D eigenvalue weighted by Crippen LogP contribution is 2.59. The normalized spacial score (nSPS) is 18.5. The van der Waals surface area contributed by atoms with E-state index in [0.29, 0.717) is 22.6 Å². The first-order valence-electron chi connectivity index (χ1n) is 19.7. The van der Waals surface area contributed by atoms with Gasteiger partial charge in [0.15, 0.2) is 11.2 Å². The molecule has 4 aliphatic rings. The molecule has 0 aliphatic carbocycles. The van der Waals surface area contributed by atoms with Crippen molar-refractivity contribution in [3.05, 3.63) is 189 Å². The predicted molar refractivity (Wildman–Crippen MR) is 230 cm³/mol. The lowest BCUT2D eigenvalue weighted by Crippen LogP contribution is -2.33. The number of benzene rings is 7. The van der Waals surface area contributed by atoms with E-state index in [0.717, 1.165) is 83.7 Å². The first-order chi connectivity index (χ1) is 28.4. The standard InChI is InChI=1S/C27H21NO3.C24H21NO3/c1-16-14-24-25(19-9-5-4-8-18(16)19)27(21-11-7-6-10-20(21)26(29)31-27)22-13-12-17(28(2)3)15-23(22)30-24;1-14-11-20-21(12-15(14)2)27-22-13-16(25(3)4)9-10-19(22)24(20)18-8-6-5-7-17(18)23(26)28-24/h4-15H,1-3H3;5-13H,1-4H3. The molecule has 0 saturated heterocycles. The molecule has 59 heavy (non-hydrogen) atoms. The van der Waals surface area contributed by atoms with Gasteiger partial charge in [-0.3, -0.25) is 0 Å². The van der Waals surface area contributed by atoms with E-state index >= 15 is 0 Å². The zero-order chi connectivity index (χ0) is 41.0. The molecule has 0 aromatic heterocycles. The molecular weight excluding hydrogens is 737 g/mol. The van der Waals surface area contributed by atoms with Crippen LogP contribution in [-0.2, 0) is 20.7 Å². The molecule has 4 aliphatic heterocycles. The van der Waals surface area contributed by atoms with Crippen LogP contribution < -0.4 is 19.3 Å². The molecule has 0 amide bonds. The maximum Gasteiger partial charge on any atom is 0.340 e. The van der Waals surface area contributed by atoms with Gasteiger partial charge in [-0.2, -0.15) is 0 Å². The van der Waals surface area contributed by atoms with Crippen molar-refractivity contribution < 1.29 is 28.5 Å². The number of rotatable bonds is 2. The van der Waals surface area contributed by atoms with Crippen molar-refractivity contribution in [1.29, 1.82) is 0 Å². The Bertz CT molecular complexity index is 2950. The molecule has 7 aromatic carbocycles. The van der Waals surface area contributed by atoms with Gasteiger partial charge in [0.05, 0.1) is 16.7 Å². The maximum absolute atomic E-state index is 13.1. The number of aryl methyl sites for hydroxylation is 3. The Labute approximate surface area is 343 Å². The molecule has 4 heterocycles. The van der Waals surface area contributed by atoms with Crippen molar-refractivity contribution in [3.63, 3.8) is 0 Å². The molecule has 2 spiro atoms. The summed E-state index contributed by atoms with van der Waals surface area (Å²) in [4.78, 5) is 29.9. The highest BCUT2D eigenvalue weighted by molar-refractivity contribution is 6.01. The van der Waals surface area contributed by atoms with Crippen LogP contribution in [0.25, 0.3) is 10.8 Å². The van der Waals surface area contributed by atoms with Crippen molar-refractivity contribution >= 4 is 34.1 Å². The van der Waals surface area contributed by atoms with Gasteiger partial charge in [0.1, 0.15) is 23.0 Å². The Morgan fingerprint density at radius 2 is 0.881 bits per heavy atom. The minimum atomic E-state index is -1.05. The van der Waals surface area contributed by atoms with Gasteiger partial charge < -0.3 is 28.7 Å². The van der Waals surface area contributed by atoms with Crippen LogP contribution in [0, 0.1) is 20.8 Å². The first kappa shape index (κ1) is 36.3. The zero-order valence-corrected chi connectivity index (χ0v) is 34.0. The number of carbonyl (C=O) groups excluding carboxylic acids is 2. The minimum Gasteiger partial charge on any atom is -0.456 e. The third-order valence-corrected chi connectivity index (χ3v) is 12.2. The topological polar surface area (TPSA) is 77.5 Å². The lowest BCUT2D eigenvalue weighted by atomic mass is 9.75. The van der Waals surface area contributed by atoms with Crippen LogP contribution in [0.1, 0.15) is 70.8 Å². The lowest BCUT2D eigenvalue weighted by Gasteiger charge is -2.38. The molecule has 0 bridgehead atoms. The number of hydrogen-bond donors (Lipinski definition) is 0. The molecule has 2 atom stereocenters. The Morgan fingerprint density at radius 1 is 0.424 bits per heavy atom. The Balaban J connectivity index is 0.000000143. The quantitative estimate of drug-likeness (QED) is 0.161. The van der Waals surface area contributed by atoms with E-state index in [9.17, 15) is 9.59 Å². The summed E-state index contributed by atoms with van der Waals surface area (Å²) in [6.45, 7) is 6.21. The Kier molecular flexibility index (Phi) is 7.98. The minimum absolute atomic E-state index is 0.302. The first-order valence-corrected chi connectivity index (χ1v) is 19.7. The summed E-state index contributed by atoms with van der Waals surface area (Å²) in [5.41, 5.74) is 9.80. The van der Waals surface area contributed by atoms with Gasteiger partial charge in [-0.15, -0.1) is 0 Å². The summed E-state index contributed by atoms with van der Waals surface area (Å²) in [5, 5.41) is 2.15. The van der Waals surface area contributed by atoms with Crippen molar-refractivity contribution in [2.45, 2.75) is 32.0 Å². The summed E-state index contributed by atoms with van der Waals surface area (Å²) >= 11 is 0. The highest BCUT2D eigenvalue weighted by Gasteiger charge is 2.55. The third kappa shape index (κ3) is 5.15. The molecule has 0 saturated carbocycles. The zero-order valence-electron chi connectivity index (χ0n) is 34.0. The third-order valence-electron chi connectivity index (χ3n) is 12.2. The van der Waals surface area contributed by atoms with Crippen molar-refractivity contribution in [1.82, 2.24) is 0 Å². The van der Waals surface area contributed by atoms with Crippen LogP contribution in [0.5, 0.6) is 23.0 Å². The second-order valence-electron chi connectivity index (χ2n) is 16.1. The molecule has 292 valence electrons. The molecule has 8 heteroatoms. The Hall–Kier alpha value is -7.06. The number of anilines is 2. The summed E-state index contributed by atoms with van der Waals surface area (Å²) in [6.07, 6.45) is 0. The molecule has 11 rings (SSSR count). The summed E-state index contributed by atoms with van der Waals surface area (Å²) in [5.74, 6) is 2.27. The predicted octanol–water partition coefficient (Wildman–Crippen LogP) is 10.7. The monoisotopic (exact) mass is 778 g/mol. The van der Waals surface area contributed by atoms with Crippen molar-refractivity contribution in [3.8, 4) is 23.0 Å². The van der Waals surface area contributed by atoms with Gasteiger partial charge in [0, 0.05) is 79.5 Å². The van der Waals surface area contributed by atoms with Crippen LogP contribution in [0.2, 0.25) is 0 Å². The molecule has 7 aromatic rings. The summed E-state index contributed by atoms with van der Waals surface area (Å²) in [6, 6.07) is 41.8. The maximum atomic E-state index is 13.1. The molecule has 0 N–H and O–H groups in total. The van der Waals surface area contributed by atoms with E-state index in [2.05, 4.69) is 45.0 Å². The van der Waals surface area contributed by atoms with Gasteiger partial charge in [0.2, 0.25) is 0 Å². The number of esters is 2. The highest BCUT2D eigenvalue weighted by atomic mass is 16.6. The van der Waals surface area contributed by atoms with Gasteiger partial charge in [-0.25, -0.2) is 9.59 Å². The average molecular weight is 779 g/mol. The van der Waals surface area contributed by atoms with Crippen LogP contribution in [0.4, 0.5) is 11.4 Å². The van der Waals surface area contributed by atoms with Crippen molar-refractivity contribution in [2.75, 3.05) is 38.0 Å². The fourth-order valence-corrected chi connectivity index (χ4v) is 9.18. The number of ether oxygens (including phenoxy) is 4. The van der Waals surface area contributed by atoms with E-state index in [4.69, 9.17) is 18.9 Å².